The van der Waals surface area contributed by atoms with Gasteiger partial charge in [-0.1, -0.05) is 49.6 Å². The number of anilines is 1. The molecule has 27 heavy (non-hydrogen) atoms. The minimum atomic E-state index is -0.225. The van der Waals surface area contributed by atoms with E-state index in [4.69, 9.17) is 4.74 Å². The second-order valence-electron chi connectivity index (χ2n) is 6.90. The standard InChI is InChI=1S/C22H26N2O3/c25-21(15-23-22(26)18-9-5-2-6-10-18)24-19-11-13-20(14-12-19)27-16-17-7-3-1-4-8-17/h1,3-4,7-8,11-14,18H,2,5-6,9-10,15-16H2,(H,23,26)(H,24,25). The van der Waals surface area contributed by atoms with Crippen LogP contribution >= 0.6 is 0 Å². The third kappa shape index (κ3) is 6.13. The summed E-state index contributed by atoms with van der Waals surface area (Å²) in [5.41, 5.74) is 1.78. The highest BCUT2D eigenvalue weighted by Gasteiger charge is 2.21. The van der Waals surface area contributed by atoms with Gasteiger partial charge in [0.15, 0.2) is 0 Å². The van der Waals surface area contributed by atoms with E-state index in [1.807, 2.05) is 42.5 Å². The van der Waals surface area contributed by atoms with Crippen LogP contribution in [-0.2, 0) is 16.2 Å². The molecule has 2 amide bonds. The first-order valence-electron chi connectivity index (χ1n) is 9.55. The minimum Gasteiger partial charge on any atom is -0.489 e. The summed E-state index contributed by atoms with van der Waals surface area (Å²) in [6, 6.07) is 17.2. The van der Waals surface area contributed by atoms with Crippen LogP contribution in [0.4, 0.5) is 5.69 Å². The number of hydrogen-bond acceptors (Lipinski definition) is 3. The molecule has 0 spiro atoms. The highest BCUT2D eigenvalue weighted by molar-refractivity contribution is 5.94. The molecular weight excluding hydrogens is 340 g/mol. The molecule has 2 aromatic rings. The summed E-state index contributed by atoms with van der Waals surface area (Å²) in [6.07, 6.45) is 5.26. The third-order valence-electron chi connectivity index (χ3n) is 4.79. The van der Waals surface area contributed by atoms with Crippen molar-refractivity contribution < 1.29 is 14.3 Å². The van der Waals surface area contributed by atoms with Gasteiger partial charge in [-0.2, -0.15) is 0 Å². The first-order valence-corrected chi connectivity index (χ1v) is 9.55. The predicted octanol–water partition coefficient (Wildman–Crippen LogP) is 3.90. The van der Waals surface area contributed by atoms with E-state index >= 15 is 0 Å². The van der Waals surface area contributed by atoms with Crippen LogP contribution in [0.25, 0.3) is 0 Å². The van der Waals surface area contributed by atoms with Gasteiger partial charge in [0.1, 0.15) is 12.4 Å². The Labute approximate surface area is 160 Å². The number of rotatable bonds is 7. The van der Waals surface area contributed by atoms with Crippen LogP contribution in [0.2, 0.25) is 0 Å². The molecule has 2 N–H and O–H groups in total. The number of carbonyl (C=O) groups excluding carboxylic acids is 2. The summed E-state index contributed by atoms with van der Waals surface area (Å²) in [6.45, 7) is 0.501. The number of amides is 2. The molecule has 0 radical (unpaired) electrons. The zero-order valence-electron chi connectivity index (χ0n) is 15.4. The Kier molecular flexibility index (Phi) is 6.85. The lowest BCUT2D eigenvalue weighted by molar-refractivity contribution is -0.128. The summed E-state index contributed by atoms with van der Waals surface area (Å²) >= 11 is 0. The van der Waals surface area contributed by atoms with Crippen molar-refractivity contribution in [2.24, 2.45) is 5.92 Å². The summed E-state index contributed by atoms with van der Waals surface area (Å²) in [5.74, 6) is 0.571. The first-order chi connectivity index (χ1) is 13.2. The molecule has 0 saturated heterocycles. The van der Waals surface area contributed by atoms with E-state index in [1.54, 1.807) is 12.1 Å². The molecule has 2 aromatic carbocycles. The van der Waals surface area contributed by atoms with E-state index in [1.165, 1.54) is 6.42 Å². The maximum Gasteiger partial charge on any atom is 0.243 e. The van der Waals surface area contributed by atoms with Gasteiger partial charge in [0.25, 0.3) is 0 Å². The second-order valence-corrected chi connectivity index (χ2v) is 6.90. The smallest absolute Gasteiger partial charge is 0.243 e. The van der Waals surface area contributed by atoms with Gasteiger partial charge in [0.2, 0.25) is 11.8 Å². The summed E-state index contributed by atoms with van der Waals surface area (Å²) in [7, 11) is 0. The molecule has 0 aliphatic heterocycles. The van der Waals surface area contributed by atoms with Crippen molar-refractivity contribution in [3.63, 3.8) is 0 Å². The number of benzene rings is 2. The van der Waals surface area contributed by atoms with Crippen molar-refractivity contribution in [1.82, 2.24) is 5.32 Å². The van der Waals surface area contributed by atoms with Crippen LogP contribution in [0.15, 0.2) is 54.6 Å². The van der Waals surface area contributed by atoms with Crippen molar-refractivity contribution in [2.75, 3.05) is 11.9 Å². The van der Waals surface area contributed by atoms with Crippen molar-refractivity contribution in [3.05, 3.63) is 60.2 Å². The molecule has 1 aliphatic carbocycles. The van der Waals surface area contributed by atoms with Crippen LogP contribution in [0.3, 0.4) is 0 Å². The average Bonchev–Trinajstić information content (AvgIpc) is 2.73. The van der Waals surface area contributed by atoms with Crippen molar-refractivity contribution >= 4 is 17.5 Å². The van der Waals surface area contributed by atoms with Crippen LogP contribution in [-0.4, -0.2) is 18.4 Å². The monoisotopic (exact) mass is 366 g/mol. The highest BCUT2D eigenvalue weighted by Crippen LogP contribution is 2.23. The molecule has 1 fully saturated rings. The van der Waals surface area contributed by atoms with Crippen molar-refractivity contribution in [1.29, 1.82) is 0 Å². The molecule has 5 heteroatoms. The highest BCUT2D eigenvalue weighted by atomic mass is 16.5. The molecule has 0 atom stereocenters. The molecule has 0 aromatic heterocycles. The maximum atomic E-state index is 12.1. The van der Waals surface area contributed by atoms with E-state index in [0.29, 0.717) is 12.3 Å². The van der Waals surface area contributed by atoms with E-state index in [2.05, 4.69) is 10.6 Å². The normalized spacial score (nSPS) is 14.4. The second kappa shape index (κ2) is 9.76. The molecule has 0 bridgehead atoms. The SMILES string of the molecule is O=C(CNC(=O)C1CCCCC1)Nc1ccc(OCc2ccccc2)cc1. The predicted molar refractivity (Wildman–Crippen MR) is 105 cm³/mol. The molecule has 0 heterocycles. The lowest BCUT2D eigenvalue weighted by atomic mass is 9.89. The van der Waals surface area contributed by atoms with Gasteiger partial charge in [-0.15, -0.1) is 0 Å². The summed E-state index contributed by atoms with van der Waals surface area (Å²) < 4.78 is 5.73. The third-order valence-corrected chi connectivity index (χ3v) is 4.79. The number of ether oxygens (including phenoxy) is 1. The quantitative estimate of drug-likeness (QED) is 0.781. The largest absolute Gasteiger partial charge is 0.489 e. The van der Waals surface area contributed by atoms with E-state index in [0.717, 1.165) is 37.0 Å². The lowest BCUT2D eigenvalue weighted by Gasteiger charge is -2.20. The van der Waals surface area contributed by atoms with Gasteiger partial charge >= 0.3 is 0 Å². The van der Waals surface area contributed by atoms with Gasteiger partial charge in [0, 0.05) is 11.6 Å². The fraction of sp³-hybridized carbons (Fsp3) is 0.364. The average molecular weight is 366 g/mol. The van der Waals surface area contributed by atoms with Gasteiger partial charge in [-0.05, 0) is 42.7 Å². The van der Waals surface area contributed by atoms with Gasteiger partial charge < -0.3 is 15.4 Å². The van der Waals surface area contributed by atoms with Gasteiger partial charge in [0.05, 0.1) is 6.54 Å². The fourth-order valence-corrected chi connectivity index (χ4v) is 3.26. The molecule has 5 nitrogen and oxygen atoms in total. The zero-order chi connectivity index (χ0) is 18.9. The molecule has 1 aliphatic rings. The maximum absolute atomic E-state index is 12.1. The topological polar surface area (TPSA) is 67.4 Å². The van der Waals surface area contributed by atoms with Crippen molar-refractivity contribution in [2.45, 2.75) is 38.7 Å². The Balaban J connectivity index is 1.40. The summed E-state index contributed by atoms with van der Waals surface area (Å²) in [4.78, 5) is 24.1. The van der Waals surface area contributed by atoms with E-state index in [9.17, 15) is 9.59 Å². The van der Waals surface area contributed by atoms with Crippen LogP contribution < -0.4 is 15.4 Å². The Hall–Kier alpha value is -2.82. The van der Waals surface area contributed by atoms with Crippen LogP contribution in [0.1, 0.15) is 37.7 Å². The number of nitrogens with one attached hydrogen (secondary N) is 2. The molecule has 142 valence electrons. The number of carbonyl (C=O) groups is 2. The van der Waals surface area contributed by atoms with Crippen molar-refractivity contribution in [3.8, 4) is 5.75 Å². The fourth-order valence-electron chi connectivity index (χ4n) is 3.26. The summed E-state index contributed by atoms with van der Waals surface area (Å²) in [5, 5.41) is 5.54. The van der Waals surface area contributed by atoms with Crippen LogP contribution in [0.5, 0.6) is 5.75 Å². The van der Waals surface area contributed by atoms with Crippen LogP contribution in [0, 0.1) is 5.92 Å². The molecule has 3 rings (SSSR count). The Morgan fingerprint density at radius 1 is 0.926 bits per heavy atom. The molecule has 0 unspecified atom stereocenters. The minimum absolute atomic E-state index is 0.00158. The zero-order valence-corrected chi connectivity index (χ0v) is 15.4. The molecular formula is C22H26N2O3. The first kappa shape index (κ1) is 19.0. The van der Waals surface area contributed by atoms with Gasteiger partial charge in [-0.25, -0.2) is 0 Å². The van der Waals surface area contributed by atoms with E-state index < -0.39 is 0 Å². The Bertz CT molecular complexity index is 738. The Morgan fingerprint density at radius 2 is 1.63 bits per heavy atom. The number of hydrogen-bond donors (Lipinski definition) is 2. The Morgan fingerprint density at radius 3 is 2.33 bits per heavy atom. The lowest BCUT2D eigenvalue weighted by Crippen LogP contribution is -2.37. The molecule has 1 saturated carbocycles. The van der Waals surface area contributed by atoms with Gasteiger partial charge in [-0.3, -0.25) is 9.59 Å². The van der Waals surface area contributed by atoms with E-state index in [-0.39, 0.29) is 24.3 Å².